The Morgan fingerprint density at radius 1 is 1.45 bits per heavy atom. The Labute approximate surface area is 121 Å². The van der Waals surface area contributed by atoms with Gasteiger partial charge in [-0.2, -0.15) is 0 Å². The fraction of sp³-hybridized carbons (Fsp3) is 0.562. The Kier molecular flexibility index (Phi) is 5.41. The van der Waals surface area contributed by atoms with Gasteiger partial charge in [0, 0.05) is 26.1 Å². The summed E-state index contributed by atoms with van der Waals surface area (Å²) in [4.78, 5) is 14.1. The molecule has 0 unspecified atom stereocenters. The van der Waals surface area contributed by atoms with Crippen molar-refractivity contribution in [3.05, 3.63) is 29.8 Å². The summed E-state index contributed by atoms with van der Waals surface area (Å²) < 4.78 is 5.59. The SMILES string of the molecule is CCOc1ccccc1CCC(=O)N(C)[C@@H]1CCNC1. The van der Waals surface area contributed by atoms with Crippen LogP contribution in [0, 0.1) is 0 Å². The average molecular weight is 276 g/mol. The Balaban J connectivity index is 1.89. The highest BCUT2D eigenvalue weighted by atomic mass is 16.5. The first-order valence-electron chi connectivity index (χ1n) is 7.39. The van der Waals surface area contributed by atoms with Crippen molar-refractivity contribution in [3.8, 4) is 5.75 Å². The lowest BCUT2D eigenvalue weighted by Crippen LogP contribution is -2.38. The van der Waals surface area contributed by atoms with Crippen LogP contribution in [-0.2, 0) is 11.2 Å². The van der Waals surface area contributed by atoms with Gasteiger partial charge in [-0.25, -0.2) is 0 Å². The van der Waals surface area contributed by atoms with E-state index in [4.69, 9.17) is 4.74 Å². The van der Waals surface area contributed by atoms with E-state index in [0.717, 1.165) is 37.2 Å². The summed E-state index contributed by atoms with van der Waals surface area (Å²) >= 11 is 0. The van der Waals surface area contributed by atoms with Crippen LogP contribution in [-0.4, -0.2) is 43.6 Å². The lowest BCUT2D eigenvalue weighted by Gasteiger charge is -2.24. The molecule has 1 saturated heterocycles. The highest BCUT2D eigenvalue weighted by molar-refractivity contribution is 5.76. The maximum absolute atomic E-state index is 12.2. The number of aryl methyl sites for hydroxylation is 1. The second-order valence-corrected chi connectivity index (χ2v) is 5.19. The number of carbonyl (C=O) groups is 1. The van der Waals surface area contributed by atoms with Crippen LogP contribution in [0.3, 0.4) is 0 Å². The quantitative estimate of drug-likeness (QED) is 0.862. The predicted molar refractivity (Wildman–Crippen MR) is 80.0 cm³/mol. The van der Waals surface area contributed by atoms with E-state index in [1.165, 1.54) is 0 Å². The number of carbonyl (C=O) groups excluding carboxylic acids is 1. The lowest BCUT2D eigenvalue weighted by molar-refractivity contribution is -0.131. The summed E-state index contributed by atoms with van der Waals surface area (Å²) in [6.07, 6.45) is 2.33. The topological polar surface area (TPSA) is 41.6 Å². The summed E-state index contributed by atoms with van der Waals surface area (Å²) in [5.74, 6) is 1.11. The molecular formula is C16H24N2O2. The molecule has 2 rings (SSSR count). The molecule has 1 atom stereocenters. The monoisotopic (exact) mass is 276 g/mol. The first-order chi connectivity index (χ1) is 9.72. The van der Waals surface area contributed by atoms with Gasteiger partial charge in [0.1, 0.15) is 5.75 Å². The normalized spacial score (nSPS) is 18.0. The van der Waals surface area contributed by atoms with Crippen LogP contribution in [0.25, 0.3) is 0 Å². The summed E-state index contributed by atoms with van der Waals surface area (Å²) in [5.41, 5.74) is 1.11. The zero-order valence-electron chi connectivity index (χ0n) is 12.4. The zero-order chi connectivity index (χ0) is 14.4. The molecule has 1 aliphatic rings. The van der Waals surface area contributed by atoms with Crippen LogP contribution >= 0.6 is 0 Å². The predicted octanol–water partition coefficient (Wildman–Crippen LogP) is 1.84. The Morgan fingerprint density at radius 3 is 2.95 bits per heavy atom. The smallest absolute Gasteiger partial charge is 0.222 e. The fourth-order valence-electron chi connectivity index (χ4n) is 2.60. The van der Waals surface area contributed by atoms with Crippen molar-refractivity contribution in [1.29, 1.82) is 0 Å². The molecule has 1 aliphatic heterocycles. The minimum Gasteiger partial charge on any atom is -0.494 e. The van der Waals surface area contributed by atoms with Crippen molar-refractivity contribution in [1.82, 2.24) is 10.2 Å². The molecule has 0 spiro atoms. The largest absolute Gasteiger partial charge is 0.494 e. The number of hydrogen-bond acceptors (Lipinski definition) is 3. The number of likely N-dealkylation sites (N-methyl/N-ethyl adjacent to an activating group) is 1. The van der Waals surface area contributed by atoms with Gasteiger partial charge in [0.25, 0.3) is 0 Å². The molecule has 0 aliphatic carbocycles. The number of amides is 1. The van der Waals surface area contributed by atoms with Crippen LogP contribution < -0.4 is 10.1 Å². The number of ether oxygens (including phenoxy) is 1. The molecule has 1 amide bonds. The molecule has 1 N–H and O–H groups in total. The van der Waals surface area contributed by atoms with Crippen LogP contribution in [0.2, 0.25) is 0 Å². The van der Waals surface area contributed by atoms with Crippen molar-refractivity contribution in [2.75, 3.05) is 26.7 Å². The van der Waals surface area contributed by atoms with Gasteiger partial charge in [-0.3, -0.25) is 4.79 Å². The van der Waals surface area contributed by atoms with E-state index >= 15 is 0 Å². The second-order valence-electron chi connectivity index (χ2n) is 5.19. The lowest BCUT2D eigenvalue weighted by atomic mass is 10.1. The van der Waals surface area contributed by atoms with Gasteiger partial charge >= 0.3 is 0 Å². The Bertz CT molecular complexity index is 442. The third-order valence-electron chi connectivity index (χ3n) is 3.86. The minimum absolute atomic E-state index is 0.213. The van der Waals surface area contributed by atoms with Crippen LogP contribution in [0.4, 0.5) is 0 Å². The maximum atomic E-state index is 12.2. The molecule has 1 heterocycles. The number of benzene rings is 1. The summed E-state index contributed by atoms with van der Waals surface area (Å²) in [5, 5.41) is 3.29. The van der Waals surface area contributed by atoms with E-state index < -0.39 is 0 Å². The third-order valence-corrected chi connectivity index (χ3v) is 3.86. The molecule has 0 bridgehead atoms. The minimum atomic E-state index is 0.213. The van der Waals surface area contributed by atoms with E-state index in [1.807, 2.05) is 43.1 Å². The number of para-hydroxylation sites is 1. The van der Waals surface area contributed by atoms with E-state index in [0.29, 0.717) is 19.1 Å². The van der Waals surface area contributed by atoms with Gasteiger partial charge in [0.05, 0.1) is 6.61 Å². The highest BCUT2D eigenvalue weighted by Gasteiger charge is 2.22. The third kappa shape index (κ3) is 3.73. The van der Waals surface area contributed by atoms with Gasteiger partial charge in [-0.1, -0.05) is 18.2 Å². The molecule has 1 aromatic rings. The van der Waals surface area contributed by atoms with Crippen molar-refractivity contribution < 1.29 is 9.53 Å². The zero-order valence-corrected chi connectivity index (χ0v) is 12.4. The van der Waals surface area contributed by atoms with Crippen LogP contribution in [0.5, 0.6) is 5.75 Å². The molecule has 110 valence electrons. The van der Waals surface area contributed by atoms with Gasteiger partial charge in [-0.05, 0) is 37.9 Å². The van der Waals surface area contributed by atoms with Crippen molar-refractivity contribution in [2.45, 2.75) is 32.2 Å². The molecule has 1 aromatic carbocycles. The van der Waals surface area contributed by atoms with E-state index in [9.17, 15) is 4.79 Å². The number of hydrogen-bond donors (Lipinski definition) is 1. The molecule has 0 radical (unpaired) electrons. The van der Waals surface area contributed by atoms with E-state index in [2.05, 4.69) is 5.32 Å². The van der Waals surface area contributed by atoms with Gasteiger partial charge in [-0.15, -0.1) is 0 Å². The summed E-state index contributed by atoms with van der Waals surface area (Å²) in [7, 11) is 1.91. The van der Waals surface area contributed by atoms with Crippen LogP contribution in [0.1, 0.15) is 25.3 Å². The first kappa shape index (κ1) is 14.9. The Hall–Kier alpha value is -1.55. The van der Waals surface area contributed by atoms with Gasteiger partial charge < -0.3 is 15.0 Å². The fourth-order valence-corrected chi connectivity index (χ4v) is 2.60. The number of nitrogens with one attached hydrogen (secondary N) is 1. The number of nitrogens with zero attached hydrogens (tertiary/aromatic N) is 1. The van der Waals surface area contributed by atoms with Crippen molar-refractivity contribution in [2.24, 2.45) is 0 Å². The first-order valence-corrected chi connectivity index (χ1v) is 7.39. The van der Waals surface area contributed by atoms with Crippen LogP contribution in [0.15, 0.2) is 24.3 Å². The molecule has 20 heavy (non-hydrogen) atoms. The van der Waals surface area contributed by atoms with Gasteiger partial charge in [0.2, 0.25) is 5.91 Å². The van der Waals surface area contributed by atoms with Crippen molar-refractivity contribution >= 4 is 5.91 Å². The Morgan fingerprint density at radius 2 is 2.25 bits per heavy atom. The molecule has 0 saturated carbocycles. The molecular weight excluding hydrogens is 252 g/mol. The van der Waals surface area contributed by atoms with E-state index in [-0.39, 0.29) is 5.91 Å². The summed E-state index contributed by atoms with van der Waals surface area (Å²) in [6.45, 7) is 4.55. The van der Waals surface area contributed by atoms with E-state index in [1.54, 1.807) is 0 Å². The standard InChI is InChI=1S/C16H24N2O2/c1-3-20-15-7-5-4-6-13(15)8-9-16(19)18(2)14-10-11-17-12-14/h4-7,14,17H,3,8-12H2,1-2H3/t14-/m1/s1. The average Bonchev–Trinajstić information content (AvgIpc) is 2.99. The summed E-state index contributed by atoms with van der Waals surface area (Å²) in [6, 6.07) is 8.31. The van der Waals surface area contributed by atoms with Crippen molar-refractivity contribution in [3.63, 3.8) is 0 Å². The maximum Gasteiger partial charge on any atom is 0.222 e. The molecule has 4 nitrogen and oxygen atoms in total. The molecule has 1 fully saturated rings. The second kappa shape index (κ2) is 7.29. The number of rotatable bonds is 6. The van der Waals surface area contributed by atoms with Gasteiger partial charge in [0.15, 0.2) is 0 Å². The molecule has 0 aromatic heterocycles. The molecule has 4 heteroatoms. The highest BCUT2D eigenvalue weighted by Crippen LogP contribution is 2.20.